The lowest BCUT2D eigenvalue weighted by atomic mass is 10.0. The van der Waals surface area contributed by atoms with Crippen LogP contribution >= 0.6 is 15.9 Å². The topological polar surface area (TPSA) is 25.2 Å². The van der Waals surface area contributed by atoms with Crippen LogP contribution in [0.3, 0.4) is 0 Å². The number of furan rings is 1. The number of rotatable bonds is 7. The van der Waals surface area contributed by atoms with Crippen LogP contribution in [0.1, 0.15) is 42.7 Å². The van der Waals surface area contributed by atoms with Gasteiger partial charge in [0, 0.05) is 0 Å². The molecule has 0 bridgehead atoms. The standard InChI is InChI=1S/C17H22BrNO/c1-3-11-19-16(17-15(18)10-12-20-17)9-8-14-6-4-13(2)5-7-14/h4-7,10,12,16,19H,3,8-9,11H2,1-2H3. The largest absolute Gasteiger partial charge is 0.466 e. The molecule has 1 atom stereocenters. The summed E-state index contributed by atoms with van der Waals surface area (Å²) in [7, 11) is 0. The summed E-state index contributed by atoms with van der Waals surface area (Å²) >= 11 is 3.56. The molecule has 0 amide bonds. The Morgan fingerprint density at radius 2 is 1.95 bits per heavy atom. The van der Waals surface area contributed by atoms with Crippen LogP contribution in [0.5, 0.6) is 0 Å². The molecular formula is C17H22BrNO. The van der Waals surface area contributed by atoms with Crippen LogP contribution in [0.15, 0.2) is 45.5 Å². The summed E-state index contributed by atoms with van der Waals surface area (Å²) in [5, 5.41) is 3.57. The molecule has 0 aliphatic heterocycles. The fraction of sp³-hybridized carbons (Fsp3) is 0.412. The predicted molar refractivity (Wildman–Crippen MR) is 86.9 cm³/mol. The van der Waals surface area contributed by atoms with Gasteiger partial charge in [-0.25, -0.2) is 0 Å². The fourth-order valence-corrected chi connectivity index (χ4v) is 2.74. The van der Waals surface area contributed by atoms with E-state index in [9.17, 15) is 0 Å². The van der Waals surface area contributed by atoms with Crippen molar-refractivity contribution in [3.05, 3.63) is 58.0 Å². The highest BCUT2D eigenvalue weighted by Gasteiger charge is 2.17. The zero-order chi connectivity index (χ0) is 14.4. The SMILES string of the molecule is CCCNC(CCc1ccc(C)cc1)c1occc1Br. The zero-order valence-corrected chi connectivity index (χ0v) is 13.7. The first-order valence-corrected chi connectivity index (χ1v) is 8.01. The minimum atomic E-state index is 0.264. The summed E-state index contributed by atoms with van der Waals surface area (Å²) in [6, 6.07) is 11.0. The molecule has 0 aliphatic carbocycles. The molecule has 2 aromatic rings. The maximum absolute atomic E-state index is 5.62. The number of hydrogen-bond donors (Lipinski definition) is 1. The van der Waals surface area contributed by atoms with Gasteiger partial charge in [-0.05, 0) is 60.3 Å². The van der Waals surface area contributed by atoms with E-state index in [1.807, 2.05) is 6.07 Å². The van der Waals surface area contributed by atoms with E-state index in [1.54, 1.807) is 6.26 Å². The highest BCUT2D eigenvalue weighted by Crippen LogP contribution is 2.27. The van der Waals surface area contributed by atoms with Crippen LogP contribution < -0.4 is 5.32 Å². The molecule has 0 aliphatic rings. The molecule has 0 radical (unpaired) electrons. The summed E-state index contributed by atoms with van der Waals surface area (Å²) in [4.78, 5) is 0. The van der Waals surface area contributed by atoms with E-state index in [0.29, 0.717) is 0 Å². The molecule has 108 valence electrons. The van der Waals surface area contributed by atoms with Crippen molar-refractivity contribution in [2.24, 2.45) is 0 Å². The van der Waals surface area contributed by atoms with Gasteiger partial charge in [0.15, 0.2) is 0 Å². The molecule has 0 fully saturated rings. The quantitative estimate of drug-likeness (QED) is 0.768. The number of halogens is 1. The van der Waals surface area contributed by atoms with E-state index >= 15 is 0 Å². The Balaban J connectivity index is 2.01. The molecule has 1 N–H and O–H groups in total. The Bertz CT molecular complexity index is 518. The van der Waals surface area contributed by atoms with Crippen molar-refractivity contribution < 1.29 is 4.42 Å². The normalized spacial score (nSPS) is 12.6. The molecule has 1 unspecified atom stereocenters. The first kappa shape index (κ1) is 15.3. The molecular weight excluding hydrogens is 314 g/mol. The van der Waals surface area contributed by atoms with Crippen LogP contribution in [-0.4, -0.2) is 6.54 Å². The van der Waals surface area contributed by atoms with Crippen LogP contribution in [0.25, 0.3) is 0 Å². The second-order valence-electron chi connectivity index (χ2n) is 5.16. The van der Waals surface area contributed by atoms with Gasteiger partial charge in [0.1, 0.15) is 5.76 Å². The van der Waals surface area contributed by atoms with Gasteiger partial charge in [-0.2, -0.15) is 0 Å². The van der Waals surface area contributed by atoms with E-state index in [1.165, 1.54) is 11.1 Å². The smallest absolute Gasteiger partial charge is 0.134 e. The zero-order valence-electron chi connectivity index (χ0n) is 12.2. The molecule has 2 rings (SSSR count). The van der Waals surface area contributed by atoms with E-state index in [0.717, 1.165) is 36.0 Å². The van der Waals surface area contributed by atoms with Gasteiger partial charge in [-0.15, -0.1) is 0 Å². The lowest BCUT2D eigenvalue weighted by Crippen LogP contribution is -2.22. The monoisotopic (exact) mass is 335 g/mol. The van der Waals surface area contributed by atoms with Crippen LogP contribution in [0.2, 0.25) is 0 Å². The maximum atomic E-state index is 5.62. The van der Waals surface area contributed by atoms with Gasteiger partial charge in [0.2, 0.25) is 0 Å². The van der Waals surface area contributed by atoms with Crippen LogP contribution in [-0.2, 0) is 6.42 Å². The van der Waals surface area contributed by atoms with Crippen molar-refractivity contribution in [2.45, 2.75) is 39.2 Å². The summed E-state index contributed by atoms with van der Waals surface area (Å²) in [6.07, 6.45) is 4.95. The second-order valence-corrected chi connectivity index (χ2v) is 6.02. The van der Waals surface area contributed by atoms with E-state index in [4.69, 9.17) is 4.42 Å². The van der Waals surface area contributed by atoms with Crippen LogP contribution in [0.4, 0.5) is 0 Å². The van der Waals surface area contributed by atoms with E-state index in [-0.39, 0.29) is 6.04 Å². The highest BCUT2D eigenvalue weighted by molar-refractivity contribution is 9.10. The Labute approximate surface area is 129 Å². The summed E-state index contributed by atoms with van der Waals surface area (Å²) in [6.45, 7) is 5.31. The van der Waals surface area contributed by atoms with Crippen molar-refractivity contribution in [1.82, 2.24) is 5.32 Å². The molecule has 3 heteroatoms. The van der Waals surface area contributed by atoms with Crippen molar-refractivity contribution in [2.75, 3.05) is 6.54 Å². The van der Waals surface area contributed by atoms with Gasteiger partial charge < -0.3 is 9.73 Å². The number of benzene rings is 1. The Hall–Kier alpha value is -1.06. The summed E-state index contributed by atoms with van der Waals surface area (Å²) < 4.78 is 6.67. The van der Waals surface area contributed by atoms with Gasteiger partial charge in [0.05, 0.1) is 16.8 Å². The summed E-state index contributed by atoms with van der Waals surface area (Å²) in [5.74, 6) is 1.01. The maximum Gasteiger partial charge on any atom is 0.134 e. The van der Waals surface area contributed by atoms with E-state index < -0.39 is 0 Å². The molecule has 2 nitrogen and oxygen atoms in total. The first-order chi connectivity index (χ1) is 9.70. The third-order valence-electron chi connectivity index (χ3n) is 3.44. The van der Waals surface area contributed by atoms with Crippen LogP contribution in [0, 0.1) is 6.92 Å². The first-order valence-electron chi connectivity index (χ1n) is 7.22. The molecule has 0 saturated heterocycles. The molecule has 1 heterocycles. The number of hydrogen-bond acceptors (Lipinski definition) is 2. The average molecular weight is 336 g/mol. The molecule has 1 aromatic heterocycles. The predicted octanol–water partition coefficient (Wildman–Crippen LogP) is 5.02. The Kier molecular flexibility index (Phi) is 5.86. The van der Waals surface area contributed by atoms with Crippen molar-refractivity contribution in [1.29, 1.82) is 0 Å². The van der Waals surface area contributed by atoms with Gasteiger partial charge in [-0.1, -0.05) is 36.8 Å². The minimum Gasteiger partial charge on any atom is -0.466 e. The molecule has 20 heavy (non-hydrogen) atoms. The van der Waals surface area contributed by atoms with Gasteiger partial charge in [-0.3, -0.25) is 0 Å². The van der Waals surface area contributed by atoms with Gasteiger partial charge in [0.25, 0.3) is 0 Å². The summed E-state index contributed by atoms with van der Waals surface area (Å²) in [5.41, 5.74) is 2.68. The van der Waals surface area contributed by atoms with Crippen molar-refractivity contribution >= 4 is 15.9 Å². The average Bonchev–Trinajstić information content (AvgIpc) is 2.87. The fourth-order valence-electron chi connectivity index (χ4n) is 2.26. The minimum absolute atomic E-state index is 0.264. The van der Waals surface area contributed by atoms with Crippen molar-refractivity contribution in [3.63, 3.8) is 0 Å². The van der Waals surface area contributed by atoms with Gasteiger partial charge >= 0.3 is 0 Å². The highest BCUT2D eigenvalue weighted by atomic mass is 79.9. The molecule has 1 aromatic carbocycles. The van der Waals surface area contributed by atoms with Crippen molar-refractivity contribution in [3.8, 4) is 0 Å². The molecule has 0 saturated carbocycles. The van der Waals surface area contributed by atoms with E-state index in [2.05, 4.69) is 59.4 Å². The Morgan fingerprint density at radius 3 is 2.55 bits per heavy atom. The molecule has 0 spiro atoms. The number of nitrogens with one attached hydrogen (secondary N) is 1. The number of aryl methyl sites for hydroxylation is 2. The third kappa shape index (κ3) is 4.22. The third-order valence-corrected chi connectivity index (χ3v) is 4.10. The second kappa shape index (κ2) is 7.65. The lowest BCUT2D eigenvalue weighted by Gasteiger charge is -2.17. The lowest BCUT2D eigenvalue weighted by molar-refractivity contribution is 0.394. The Morgan fingerprint density at radius 1 is 1.20 bits per heavy atom.